The van der Waals surface area contributed by atoms with Crippen molar-refractivity contribution < 1.29 is 9.90 Å². The van der Waals surface area contributed by atoms with E-state index in [4.69, 9.17) is 10.8 Å². The predicted molar refractivity (Wildman–Crippen MR) is 50.8 cm³/mol. The summed E-state index contributed by atoms with van der Waals surface area (Å²) in [5, 5.41) is 11.9. The fourth-order valence-corrected chi connectivity index (χ4v) is 0.991. The lowest BCUT2D eigenvalue weighted by Crippen LogP contribution is -2.18. The highest BCUT2D eigenvalue weighted by Crippen LogP contribution is 2.20. The van der Waals surface area contributed by atoms with E-state index in [1.807, 2.05) is 0 Å². The molecule has 0 bridgehead atoms. The van der Waals surface area contributed by atoms with Crippen LogP contribution in [-0.4, -0.2) is 24.5 Å². The second kappa shape index (κ2) is 3.91. The molecule has 4 heteroatoms. The molecule has 0 aliphatic rings. The number of phenols is 1. The molecule has 1 aromatic carbocycles. The highest BCUT2D eigenvalue weighted by molar-refractivity contribution is 5.98. The molecule has 0 unspecified atom stereocenters. The number of likely N-dealkylation sites (N-methyl/N-ethyl adjacent to an activating group) is 1. The molecule has 0 saturated heterocycles. The van der Waals surface area contributed by atoms with Crippen LogP contribution < -0.4 is 11.1 Å². The molecular formula is C9H12N2O2. The van der Waals surface area contributed by atoms with Gasteiger partial charge in [0.25, 0.3) is 0 Å². The Labute approximate surface area is 76.4 Å². The molecule has 4 N–H and O–H groups in total. The average Bonchev–Trinajstić information content (AvgIpc) is 2.10. The maximum Gasteiger partial charge on any atom is 0.176 e. The first-order chi connectivity index (χ1) is 6.15. The number of hydrogen-bond donors (Lipinski definition) is 3. The van der Waals surface area contributed by atoms with Crippen molar-refractivity contribution in [2.75, 3.05) is 19.3 Å². The van der Waals surface area contributed by atoms with E-state index in [-0.39, 0.29) is 23.8 Å². The molecule has 1 aromatic rings. The molecule has 0 radical (unpaired) electrons. The minimum absolute atomic E-state index is 0.000933. The summed E-state index contributed by atoms with van der Waals surface area (Å²) in [6.45, 7) is 0.268. The van der Waals surface area contributed by atoms with Crippen LogP contribution >= 0.6 is 0 Å². The summed E-state index contributed by atoms with van der Waals surface area (Å²) >= 11 is 0. The lowest BCUT2D eigenvalue weighted by molar-refractivity contribution is 0.0993. The second-order valence-corrected chi connectivity index (χ2v) is 2.73. The molecule has 0 aliphatic carbocycles. The molecular weight excluding hydrogens is 168 g/mol. The van der Waals surface area contributed by atoms with Gasteiger partial charge in [-0.15, -0.1) is 0 Å². The minimum Gasteiger partial charge on any atom is -0.506 e. The number of aromatic hydroxyl groups is 1. The van der Waals surface area contributed by atoms with Crippen LogP contribution in [0.25, 0.3) is 0 Å². The van der Waals surface area contributed by atoms with Crippen LogP contribution in [0, 0.1) is 0 Å². The number of phenolic OH excluding ortho intramolecular Hbond substituents is 1. The Morgan fingerprint density at radius 3 is 2.85 bits per heavy atom. The Bertz CT molecular complexity index is 323. The lowest BCUT2D eigenvalue weighted by atomic mass is 10.1. The van der Waals surface area contributed by atoms with Gasteiger partial charge in [-0.2, -0.15) is 0 Å². The van der Waals surface area contributed by atoms with E-state index in [0.29, 0.717) is 5.56 Å². The summed E-state index contributed by atoms with van der Waals surface area (Å²) in [7, 11) is 1.70. The largest absolute Gasteiger partial charge is 0.506 e. The standard InChI is InChI=1S/C9H12N2O2/c1-11-5-9(13)6-2-3-8(12)7(10)4-6/h2-4,11-12H,5,10H2,1H3. The Hall–Kier alpha value is -1.55. The first-order valence-corrected chi connectivity index (χ1v) is 3.91. The van der Waals surface area contributed by atoms with Gasteiger partial charge in [0.1, 0.15) is 5.75 Å². The highest BCUT2D eigenvalue weighted by Gasteiger charge is 2.06. The number of Topliss-reactive ketones (excluding diaryl/α,β-unsaturated/α-hetero) is 1. The van der Waals surface area contributed by atoms with Crippen LogP contribution in [0.1, 0.15) is 10.4 Å². The van der Waals surface area contributed by atoms with Crippen LogP contribution in [0.15, 0.2) is 18.2 Å². The molecule has 0 aromatic heterocycles. The number of ketones is 1. The number of rotatable bonds is 3. The van der Waals surface area contributed by atoms with Gasteiger partial charge in [0, 0.05) is 5.56 Å². The van der Waals surface area contributed by atoms with Crippen molar-refractivity contribution in [2.45, 2.75) is 0 Å². The molecule has 13 heavy (non-hydrogen) atoms. The minimum atomic E-state index is -0.0470. The average molecular weight is 180 g/mol. The van der Waals surface area contributed by atoms with Crippen molar-refractivity contribution in [3.63, 3.8) is 0 Å². The summed E-state index contributed by atoms with van der Waals surface area (Å²) in [5.74, 6) is -0.0461. The fraction of sp³-hybridized carbons (Fsp3) is 0.222. The number of nitrogens with two attached hydrogens (primary N) is 1. The first kappa shape index (κ1) is 9.54. The molecule has 0 saturated carbocycles. The van der Waals surface area contributed by atoms with Crippen molar-refractivity contribution in [3.05, 3.63) is 23.8 Å². The van der Waals surface area contributed by atoms with Crippen LogP contribution in [-0.2, 0) is 0 Å². The smallest absolute Gasteiger partial charge is 0.176 e. The third kappa shape index (κ3) is 2.19. The monoisotopic (exact) mass is 180 g/mol. The Balaban J connectivity index is 2.90. The molecule has 0 atom stereocenters. The van der Waals surface area contributed by atoms with Gasteiger partial charge in [-0.05, 0) is 25.2 Å². The predicted octanol–water partition coefficient (Wildman–Crippen LogP) is 0.377. The van der Waals surface area contributed by atoms with Crippen LogP contribution in [0.3, 0.4) is 0 Å². The van der Waals surface area contributed by atoms with Gasteiger partial charge < -0.3 is 16.2 Å². The van der Waals surface area contributed by atoms with E-state index < -0.39 is 0 Å². The van der Waals surface area contributed by atoms with Crippen molar-refractivity contribution in [1.82, 2.24) is 5.32 Å². The van der Waals surface area contributed by atoms with Crippen molar-refractivity contribution >= 4 is 11.5 Å². The number of anilines is 1. The molecule has 0 spiro atoms. The molecule has 0 aliphatic heterocycles. The number of nitrogens with one attached hydrogen (secondary N) is 1. The van der Waals surface area contributed by atoms with E-state index in [1.54, 1.807) is 13.1 Å². The molecule has 0 heterocycles. The zero-order valence-corrected chi connectivity index (χ0v) is 7.37. The van der Waals surface area contributed by atoms with Crippen molar-refractivity contribution in [1.29, 1.82) is 0 Å². The molecule has 0 fully saturated rings. The number of carbonyl (C=O) groups excluding carboxylic acids is 1. The van der Waals surface area contributed by atoms with E-state index in [2.05, 4.69) is 5.32 Å². The van der Waals surface area contributed by atoms with Crippen LogP contribution in [0.4, 0.5) is 5.69 Å². The second-order valence-electron chi connectivity index (χ2n) is 2.73. The quantitative estimate of drug-likeness (QED) is 0.357. The number of benzene rings is 1. The number of nitrogen functional groups attached to an aromatic ring is 1. The third-order valence-electron chi connectivity index (χ3n) is 1.69. The SMILES string of the molecule is CNCC(=O)c1ccc(O)c(N)c1. The Morgan fingerprint density at radius 2 is 2.31 bits per heavy atom. The Kier molecular flexibility index (Phi) is 2.87. The van der Waals surface area contributed by atoms with Crippen LogP contribution in [0.5, 0.6) is 5.75 Å². The van der Waals surface area contributed by atoms with Gasteiger partial charge in [0.15, 0.2) is 5.78 Å². The summed E-state index contributed by atoms with van der Waals surface area (Å²) in [6, 6.07) is 4.43. The summed E-state index contributed by atoms with van der Waals surface area (Å²) in [4.78, 5) is 11.3. The van der Waals surface area contributed by atoms with E-state index in [0.717, 1.165) is 0 Å². The number of carbonyl (C=O) groups is 1. The van der Waals surface area contributed by atoms with Gasteiger partial charge in [-0.25, -0.2) is 0 Å². The van der Waals surface area contributed by atoms with Crippen molar-refractivity contribution in [2.24, 2.45) is 0 Å². The van der Waals surface area contributed by atoms with Crippen molar-refractivity contribution in [3.8, 4) is 5.75 Å². The maximum absolute atomic E-state index is 11.3. The zero-order chi connectivity index (χ0) is 9.84. The maximum atomic E-state index is 11.3. The summed E-state index contributed by atoms with van der Waals surface area (Å²) in [5.41, 5.74) is 6.16. The molecule has 0 amide bonds. The summed E-state index contributed by atoms with van der Waals surface area (Å²) < 4.78 is 0. The normalized spacial score (nSPS) is 9.92. The summed E-state index contributed by atoms with van der Waals surface area (Å²) in [6.07, 6.45) is 0. The van der Waals surface area contributed by atoms with E-state index in [1.165, 1.54) is 12.1 Å². The number of hydrogen-bond acceptors (Lipinski definition) is 4. The van der Waals surface area contributed by atoms with E-state index in [9.17, 15) is 4.79 Å². The zero-order valence-electron chi connectivity index (χ0n) is 7.37. The first-order valence-electron chi connectivity index (χ1n) is 3.91. The molecule has 4 nitrogen and oxygen atoms in total. The molecule has 1 rings (SSSR count). The topological polar surface area (TPSA) is 75.3 Å². The van der Waals surface area contributed by atoms with Gasteiger partial charge in [-0.3, -0.25) is 4.79 Å². The van der Waals surface area contributed by atoms with Gasteiger partial charge in [-0.1, -0.05) is 0 Å². The van der Waals surface area contributed by atoms with Gasteiger partial charge in [0.2, 0.25) is 0 Å². The van der Waals surface area contributed by atoms with Gasteiger partial charge >= 0.3 is 0 Å². The fourth-order valence-electron chi connectivity index (χ4n) is 0.991. The van der Waals surface area contributed by atoms with E-state index >= 15 is 0 Å². The third-order valence-corrected chi connectivity index (χ3v) is 1.69. The molecule has 70 valence electrons. The highest BCUT2D eigenvalue weighted by atomic mass is 16.3. The Morgan fingerprint density at radius 1 is 1.62 bits per heavy atom. The van der Waals surface area contributed by atoms with Gasteiger partial charge in [0.05, 0.1) is 12.2 Å². The lowest BCUT2D eigenvalue weighted by Gasteiger charge is -2.02. The van der Waals surface area contributed by atoms with Crippen LogP contribution in [0.2, 0.25) is 0 Å².